The van der Waals surface area contributed by atoms with Crippen LogP contribution in [-0.4, -0.2) is 21.8 Å². The van der Waals surface area contributed by atoms with E-state index in [9.17, 15) is 9.90 Å². The van der Waals surface area contributed by atoms with Crippen LogP contribution in [0.15, 0.2) is 35.4 Å². The van der Waals surface area contributed by atoms with Crippen molar-refractivity contribution in [1.82, 2.24) is 4.98 Å². The lowest BCUT2D eigenvalue weighted by Crippen LogP contribution is -2.02. The van der Waals surface area contributed by atoms with Crippen molar-refractivity contribution in [3.8, 4) is 0 Å². The Morgan fingerprint density at radius 1 is 1.39 bits per heavy atom. The van der Waals surface area contributed by atoms with Crippen molar-refractivity contribution in [3.63, 3.8) is 0 Å². The largest absolute Gasteiger partial charge is 0.478 e. The monoisotopic (exact) mass is 261 g/mol. The van der Waals surface area contributed by atoms with Crippen molar-refractivity contribution >= 4 is 28.6 Å². The van der Waals surface area contributed by atoms with Gasteiger partial charge in [0.2, 0.25) is 0 Å². The Morgan fingerprint density at radius 2 is 2.11 bits per heavy atom. The number of carbonyl (C=O) groups is 1. The van der Waals surface area contributed by atoms with Crippen molar-refractivity contribution < 1.29 is 9.90 Å². The third-order valence-electron chi connectivity index (χ3n) is 2.52. The van der Waals surface area contributed by atoms with Crippen LogP contribution in [0.3, 0.4) is 0 Å². The van der Waals surface area contributed by atoms with E-state index in [0.29, 0.717) is 11.5 Å². The number of pyridine rings is 1. The quantitative estimate of drug-likeness (QED) is 0.853. The van der Waals surface area contributed by atoms with Gasteiger partial charge in [0.15, 0.2) is 0 Å². The molecule has 0 aliphatic heterocycles. The van der Waals surface area contributed by atoms with E-state index in [0.717, 1.165) is 21.6 Å². The van der Waals surface area contributed by atoms with E-state index in [-0.39, 0.29) is 0 Å². The molecule has 0 bridgehead atoms. The molecule has 0 radical (unpaired) electrons. The first kappa shape index (κ1) is 12.9. The minimum absolute atomic E-state index is 0.291. The SMILES string of the molecule is CC(C)CSc1c(C(=O)O)cnc2ccccc12. The Labute approximate surface area is 110 Å². The smallest absolute Gasteiger partial charge is 0.338 e. The van der Waals surface area contributed by atoms with Crippen molar-refractivity contribution in [1.29, 1.82) is 0 Å². The molecule has 3 nitrogen and oxygen atoms in total. The van der Waals surface area contributed by atoms with Gasteiger partial charge in [-0.1, -0.05) is 32.0 Å². The van der Waals surface area contributed by atoms with Gasteiger partial charge in [-0.05, 0) is 12.0 Å². The van der Waals surface area contributed by atoms with E-state index in [4.69, 9.17) is 0 Å². The predicted molar refractivity (Wildman–Crippen MR) is 74.3 cm³/mol. The molecular formula is C14H15NO2S. The number of rotatable bonds is 4. The first-order valence-corrected chi connectivity index (χ1v) is 6.82. The molecule has 0 saturated carbocycles. The number of benzene rings is 1. The molecule has 1 aromatic carbocycles. The highest BCUT2D eigenvalue weighted by Gasteiger charge is 2.15. The summed E-state index contributed by atoms with van der Waals surface area (Å²) in [5, 5.41) is 10.2. The number of hydrogen-bond acceptors (Lipinski definition) is 3. The summed E-state index contributed by atoms with van der Waals surface area (Å²) in [7, 11) is 0. The van der Waals surface area contributed by atoms with Crippen LogP contribution in [0.5, 0.6) is 0 Å². The van der Waals surface area contributed by atoms with Crippen LogP contribution in [0.1, 0.15) is 24.2 Å². The summed E-state index contributed by atoms with van der Waals surface area (Å²) in [5.74, 6) is 0.497. The Bertz CT molecular complexity index is 581. The minimum Gasteiger partial charge on any atom is -0.478 e. The van der Waals surface area contributed by atoms with Gasteiger partial charge < -0.3 is 5.11 Å². The normalized spacial score (nSPS) is 11.1. The number of carboxylic acids is 1. The van der Waals surface area contributed by atoms with Crippen LogP contribution in [-0.2, 0) is 0 Å². The number of aromatic carboxylic acids is 1. The lowest BCUT2D eigenvalue weighted by molar-refractivity contribution is 0.0693. The molecule has 0 unspecified atom stereocenters. The number of hydrogen-bond donors (Lipinski definition) is 1. The maximum absolute atomic E-state index is 11.3. The Kier molecular flexibility index (Phi) is 3.87. The third-order valence-corrected chi connectivity index (χ3v) is 4.08. The van der Waals surface area contributed by atoms with E-state index < -0.39 is 5.97 Å². The fourth-order valence-corrected chi connectivity index (χ4v) is 2.80. The highest BCUT2D eigenvalue weighted by molar-refractivity contribution is 7.99. The molecule has 2 aromatic rings. The van der Waals surface area contributed by atoms with E-state index in [2.05, 4.69) is 18.8 Å². The fourth-order valence-electron chi connectivity index (χ4n) is 1.67. The predicted octanol–water partition coefficient (Wildman–Crippen LogP) is 3.68. The van der Waals surface area contributed by atoms with Crippen LogP contribution in [0.4, 0.5) is 0 Å². The van der Waals surface area contributed by atoms with E-state index in [1.165, 1.54) is 6.20 Å². The molecule has 1 aromatic heterocycles. The molecule has 0 aliphatic carbocycles. The van der Waals surface area contributed by atoms with Crippen LogP contribution >= 0.6 is 11.8 Å². The van der Waals surface area contributed by atoms with Gasteiger partial charge in [-0.25, -0.2) is 4.79 Å². The highest BCUT2D eigenvalue weighted by Crippen LogP contribution is 2.31. The molecule has 18 heavy (non-hydrogen) atoms. The Balaban J connectivity index is 2.55. The molecule has 0 fully saturated rings. The summed E-state index contributed by atoms with van der Waals surface area (Å²) in [6.45, 7) is 4.24. The number of carboxylic acid groups (broad SMARTS) is 1. The Morgan fingerprint density at radius 3 is 2.78 bits per heavy atom. The van der Waals surface area contributed by atoms with Crippen LogP contribution in [0.25, 0.3) is 10.9 Å². The number of aromatic nitrogens is 1. The van der Waals surface area contributed by atoms with Crippen molar-refractivity contribution in [2.45, 2.75) is 18.7 Å². The number of para-hydroxylation sites is 1. The fraction of sp³-hybridized carbons (Fsp3) is 0.286. The van der Waals surface area contributed by atoms with Crippen LogP contribution in [0, 0.1) is 5.92 Å². The molecule has 0 aliphatic rings. The van der Waals surface area contributed by atoms with Gasteiger partial charge >= 0.3 is 5.97 Å². The highest BCUT2D eigenvalue weighted by atomic mass is 32.2. The van der Waals surface area contributed by atoms with Gasteiger partial charge in [-0.2, -0.15) is 0 Å². The summed E-state index contributed by atoms with van der Waals surface area (Å²) in [4.78, 5) is 16.3. The Hall–Kier alpha value is -1.55. The number of fused-ring (bicyclic) bond motifs is 1. The third kappa shape index (κ3) is 2.64. The molecule has 1 heterocycles. The summed E-state index contributed by atoms with van der Waals surface area (Å²) >= 11 is 1.59. The minimum atomic E-state index is -0.917. The van der Waals surface area contributed by atoms with Crippen LogP contribution in [0.2, 0.25) is 0 Å². The second-order valence-corrected chi connectivity index (χ2v) is 5.56. The van der Waals surface area contributed by atoms with Gasteiger partial charge in [-0.3, -0.25) is 4.98 Å². The first-order valence-electron chi connectivity index (χ1n) is 5.83. The maximum atomic E-state index is 11.3. The molecule has 0 saturated heterocycles. The van der Waals surface area contributed by atoms with E-state index in [1.807, 2.05) is 24.3 Å². The average molecular weight is 261 g/mol. The summed E-state index contributed by atoms with van der Waals surface area (Å²) < 4.78 is 0. The lowest BCUT2D eigenvalue weighted by atomic mass is 10.1. The summed E-state index contributed by atoms with van der Waals surface area (Å²) in [6, 6.07) is 7.65. The molecule has 0 amide bonds. The first-order chi connectivity index (χ1) is 8.59. The van der Waals surface area contributed by atoms with Gasteiger partial charge in [0.1, 0.15) is 0 Å². The molecular weight excluding hydrogens is 246 g/mol. The molecule has 2 rings (SSSR count). The zero-order valence-electron chi connectivity index (χ0n) is 10.4. The molecule has 1 N–H and O–H groups in total. The van der Waals surface area contributed by atoms with Gasteiger partial charge in [-0.15, -0.1) is 11.8 Å². The average Bonchev–Trinajstić information content (AvgIpc) is 2.35. The second kappa shape index (κ2) is 5.40. The maximum Gasteiger partial charge on any atom is 0.338 e. The van der Waals surface area contributed by atoms with E-state index in [1.54, 1.807) is 11.8 Å². The zero-order valence-corrected chi connectivity index (χ0v) is 11.2. The van der Waals surface area contributed by atoms with Crippen molar-refractivity contribution in [3.05, 3.63) is 36.0 Å². The van der Waals surface area contributed by atoms with Crippen molar-refractivity contribution in [2.24, 2.45) is 5.92 Å². The van der Waals surface area contributed by atoms with Gasteiger partial charge in [0.05, 0.1) is 11.1 Å². The van der Waals surface area contributed by atoms with Crippen LogP contribution < -0.4 is 0 Å². The molecule has 94 valence electrons. The molecule has 0 spiro atoms. The lowest BCUT2D eigenvalue weighted by Gasteiger charge is -2.10. The molecule has 0 atom stereocenters. The topological polar surface area (TPSA) is 50.2 Å². The second-order valence-electron chi connectivity index (χ2n) is 4.53. The zero-order chi connectivity index (χ0) is 13.1. The van der Waals surface area contributed by atoms with Gasteiger partial charge in [0, 0.05) is 22.2 Å². The summed E-state index contributed by atoms with van der Waals surface area (Å²) in [6.07, 6.45) is 1.45. The number of thioether (sulfide) groups is 1. The summed E-state index contributed by atoms with van der Waals surface area (Å²) in [5.41, 5.74) is 1.13. The molecule has 4 heteroatoms. The van der Waals surface area contributed by atoms with Crippen molar-refractivity contribution in [2.75, 3.05) is 5.75 Å². The standard InChI is InChI=1S/C14H15NO2S/c1-9(2)8-18-13-10-5-3-4-6-12(10)15-7-11(13)14(16)17/h3-7,9H,8H2,1-2H3,(H,16,17). The van der Waals surface area contributed by atoms with E-state index >= 15 is 0 Å². The number of nitrogens with zero attached hydrogens (tertiary/aromatic N) is 1. The van der Waals surface area contributed by atoms with Gasteiger partial charge in [0.25, 0.3) is 0 Å².